The third-order valence-electron chi connectivity index (χ3n) is 2.83. The van der Waals surface area contributed by atoms with Gasteiger partial charge in [0.25, 0.3) is 0 Å². The van der Waals surface area contributed by atoms with Crippen LogP contribution in [0.5, 0.6) is 0 Å². The van der Waals surface area contributed by atoms with Crippen LogP contribution in [-0.2, 0) is 4.74 Å². The Morgan fingerprint density at radius 3 is 3.07 bits per heavy atom. The van der Waals surface area contributed by atoms with Gasteiger partial charge >= 0.3 is 0 Å². The van der Waals surface area contributed by atoms with Gasteiger partial charge in [-0.1, -0.05) is 0 Å². The van der Waals surface area contributed by atoms with Gasteiger partial charge in [0.15, 0.2) is 0 Å². The fourth-order valence-electron chi connectivity index (χ4n) is 2.09. The van der Waals surface area contributed by atoms with Gasteiger partial charge in [-0.05, 0) is 41.0 Å². The molecule has 0 aromatic carbocycles. The summed E-state index contributed by atoms with van der Waals surface area (Å²) in [6.45, 7) is 1.72. The number of aromatic nitrogens is 1. The molecule has 0 radical (unpaired) electrons. The topological polar surface area (TPSA) is 34.2 Å². The molecule has 2 rings (SSSR count). The number of hydrogen-bond acceptors (Lipinski definition) is 3. The van der Waals surface area contributed by atoms with Gasteiger partial charge in [0.05, 0.1) is 6.61 Å². The lowest BCUT2D eigenvalue weighted by atomic mass is 9.94. The number of nitrogens with zero attached hydrogens (tertiary/aromatic N) is 1. The van der Waals surface area contributed by atoms with Crippen molar-refractivity contribution in [2.75, 3.05) is 20.3 Å². The van der Waals surface area contributed by atoms with E-state index in [9.17, 15) is 0 Å². The molecule has 15 heavy (non-hydrogen) atoms. The van der Waals surface area contributed by atoms with Crippen molar-refractivity contribution in [2.24, 2.45) is 5.92 Å². The minimum Gasteiger partial charge on any atom is -0.381 e. The third kappa shape index (κ3) is 2.56. The average Bonchev–Trinajstić information content (AvgIpc) is 2.72. The summed E-state index contributed by atoms with van der Waals surface area (Å²) in [4.78, 5) is 4.20. The fourth-order valence-corrected chi connectivity index (χ4v) is 2.47. The molecule has 1 aromatic rings. The Kier molecular flexibility index (Phi) is 3.72. The quantitative estimate of drug-likeness (QED) is 0.914. The normalized spacial score (nSPS) is 22.9. The molecule has 2 atom stereocenters. The van der Waals surface area contributed by atoms with Gasteiger partial charge in [-0.3, -0.25) is 4.98 Å². The number of hydrogen-bond donors (Lipinski definition) is 1. The van der Waals surface area contributed by atoms with Crippen LogP contribution in [0.2, 0.25) is 0 Å². The van der Waals surface area contributed by atoms with Crippen molar-refractivity contribution in [3.05, 3.63) is 28.5 Å². The first kappa shape index (κ1) is 11.0. The number of ether oxygens (including phenoxy) is 1. The van der Waals surface area contributed by atoms with Gasteiger partial charge in [0.1, 0.15) is 0 Å². The van der Waals surface area contributed by atoms with E-state index >= 15 is 0 Å². The average molecular weight is 271 g/mol. The molecule has 1 saturated heterocycles. The molecule has 0 amide bonds. The molecule has 0 saturated carbocycles. The van der Waals surface area contributed by atoms with Crippen molar-refractivity contribution in [1.82, 2.24) is 10.3 Å². The zero-order chi connectivity index (χ0) is 10.7. The lowest BCUT2D eigenvalue weighted by Crippen LogP contribution is -2.25. The Morgan fingerprint density at radius 2 is 2.47 bits per heavy atom. The highest BCUT2D eigenvalue weighted by Gasteiger charge is 2.25. The van der Waals surface area contributed by atoms with Crippen molar-refractivity contribution < 1.29 is 4.74 Å². The zero-order valence-corrected chi connectivity index (χ0v) is 10.3. The maximum Gasteiger partial charge on any atom is 0.0513 e. The second kappa shape index (κ2) is 5.05. The molecule has 0 bridgehead atoms. The van der Waals surface area contributed by atoms with Crippen LogP contribution in [0.15, 0.2) is 22.9 Å². The highest BCUT2D eigenvalue weighted by Crippen LogP contribution is 2.29. The maximum absolute atomic E-state index is 5.42. The molecule has 1 aliphatic heterocycles. The number of rotatable bonds is 3. The second-order valence-electron chi connectivity index (χ2n) is 3.83. The Morgan fingerprint density at radius 1 is 1.60 bits per heavy atom. The summed E-state index contributed by atoms with van der Waals surface area (Å²) in [5.74, 6) is 0.561. The molecule has 1 aromatic heterocycles. The molecule has 1 N–H and O–H groups in total. The van der Waals surface area contributed by atoms with Crippen LogP contribution in [0.25, 0.3) is 0 Å². The van der Waals surface area contributed by atoms with Crippen LogP contribution >= 0.6 is 15.9 Å². The van der Waals surface area contributed by atoms with Crippen LogP contribution in [-0.4, -0.2) is 25.2 Å². The maximum atomic E-state index is 5.42. The smallest absolute Gasteiger partial charge is 0.0513 e. The van der Waals surface area contributed by atoms with Crippen molar-refractivity contribution in [3.63, 3.8) is 0 Å². The molecule has 1 fully saturated rings. The van der Waals surface area contributed by atoms with Gasteiger partial charge in [0.2, 0.25) is 0 Å². The van der Waals surface area contributed by atoms with Gasteiger partial charge in [-0.25, -0.2) is 0 Å². The van der Waals surface area contributed by atoms with E-state index in [1.54, 1.807) is 6.20 Å². The van der Waals surface area contributed by atoms with Crippen LogP contribution in [0.4, 0.5) is 0 Å². The molecule has 1 aliphatic rings. The Balaban J connectivity index is 2.18. The number of halogens is 1. The molecule has 3 nitrogen and oxygen atoms in total. The summed E-state index contributed by atoms with van der Waals surface area (Å²) in [6.07, 6.45) is 4.85. The molecule has 82 valence electrons. The van der Waals surface area contributed by atoms with Crippen LogP contribution in [0.3, 0.4) is 0 Å². The summed E-state index contributed by atoms with van der Waals surface area (Å²) < 4.78 is 6.45. The van der Waals surface area contributed by atoms with Crippen molar-refractivity contribution in [3.8, 4) is 0 Å². The lowest BCUT2D eigenvalue weighted by molar-refractivity contribution is 0.177. The summed E-state index contributed by atoms with van der Waals surface area (Å²) in [7, 11) is 1.99. The molecular formula is C11H15BrN2O. The van der Waals surface area contributed by atoms with Gasteiger partial charge < -0.3 is 10.1 Å². The summed E-state index contributed by atoms with van der Waals surface area (Å²) in [5, 5.41) is 3.35. The highest BCUT2D eigenvalue weighted by atomic mass is 79.9. The van der Waals surface area contributed by atoms with E-state index in [2.05, 4.69) is 32.3 Å². The number of pyridine rings is 1. The van der Waals surface area contributed by atoms with E-state index in [1.165, 1.54) is 5.56 Å². The summed E-state index contributed by atoms with van der Waals surface area (Å²) >= 11 is 3.45. The molecule has 2 heterocycles. The largest absolute Gasteiger partial charge is 0.381 e. The van der Waals surface area contributed by atoms with Crippen molar-refractivity contribution >= 4 is 15.9 Å². The van der Waals surface area contributed by atoms with Crippen LogP contribution in [0.1, 0.15) is 18.0 Å². The number of nitrogens with one attached hydrogen (secondary N) is 1. The highest BCUT2D eigenvalue weighted by molar-refractivity contribution is 9.10. The van der Waals surface area contributed by atoms with Crippen molar-refractivity contribution in [2.45, 2.75) is 12.5 Å². The van der Waals surface area contributed by atoms with Gasteiger partial charge in [0, 0.05) is 35.4 Å². The lowest BCUT2D eigenvalue weighted by Gasteiger charge is -2.21. The van der Waals surface area contributed by atoms with E-state index in [0.717, 1.165) is 24.1 Å². The minimum atomic E-state index is 0.345. The fraction of sp³-hybridized carbons (Fsp3) is 0.545. The summed E-state index contributed by atoms with van der Waals surface area (Å²) in [6, 6.07) is 2.46. The first-order chi connectivity index (χ1) is 7.31. The predicted octanol–water partition coefficient (Wildman–Crippen LogP) is 2.14. The van der Waals surface area contributed by atoms with Crippen LogP contribution < -0.4 is 5.32 Å². The SMILES string of the molecule is CNC(c1cncc(Br)c1)C1CCOC1. The zero-order valence-electron chi connectivity index (χ0n) is 8.74. The minimum absolute atomic E-state index is 0.345. The Hall–Kier alpha value is -0.450. The van der Waals surface area contributed by atoms with Gasteiger partial charge in [-0.2, -0.15) is 0 Å². The Labute approximate surface area is 98.4 Å². The monoisotopic (exact) mass is 270 g/mol. The molecule has 0 spiro atoms. The van der Waals surface area contributed by atoms with E-state index in [1.807, 2.05) is 13.2 Å². The molecule has 4 heteroatoms. The molecule has 2 unspecified atom stereocenters. The Bertz CT molecular complexity index is 326. The standard InChI is InChI=1S/C11H15BrN2O/c1-13-11(8-2-3-15-7-8)9-4-10(12)6-14-5-9/h4-6,8,11,13H,2-3,7H2,1H3. The van der Waals surface area contributed by atoms with E-state index < -0.39 is 0 Å². The second-order valence-corrected chi connectivity index (χ2v) is 4.74. The predicted molar refractivity (Wildman–Crippen MR) is 62.7 cm³/mol. The van der Waals surface area contributed by atoms with E-state index in [-0.39, 0.29) is 0 Å². The van der Waals surface area contributed by atoms with Crippen LogP contribution in [0, 0.1) is 5.92 Å². The first-order valence-electron chi connectivity index (χ1n) is 5.16. The van der Waals surface area contributed by atoms with Gasteiger partial charge in [-0.15, -0.1) is 0 Å². The third-order valence-corrected chi connectivity index (χ3v) is 3.27. The molecular weight excluding hydrogens is 256 g/mol. The van der Waals surface area contributed by atoms with E-state index in [4.69, 9.17) is 4.74 Å². The first-order valence-corrected chi connectivity index (χ1v) is 5.96. The van der Waals surface area contributed by atoms with E-state index in [0.29, 0.717) is 12.0 Å². The molecule has 0 aliphatic carbocycles. The summed E-state index contributed by atoms with van der Waals surface area (Å²) in [5.41, 5.74) is 1.22. The van der Waals surface area contributed by atoms with Crippen molar-refractivity contribution in [1.29, 1.82) is 0 Å².